The van der Waals surface area contributed by atoms with Crippen molar-refractivity contribution < 1.29 is 14.6 Å². The van der Waals surface area contributed by atoms with Crippen molar-refractivity contribution in [1.82, 2.24) is 0 Å². The summed E-state index contributed by atoms with van der Waals surface area (Å²) in [7, 11) is 0. The number of nitrogens with two attached hydrogens (primary N) is 1. The summed E-state index contributed by atoms with van der Waals surface area (Å²) in [5.74, 6) is -0.290. The lowest BCUT2D eigenvalue weighted by atomic mass is 10.3. The Labute approximate surface area is 87.9 Å². The van der Waals surface area contributed by atoms with E-state index in [4.69, 9.17) is 15.6 Å². The molecular weight excluding hydrogens is 196 g/mol. The van der Waals surface area contributed by atoms with Crippen LogP contribution in [0.1, 0.15) is 0 Å². The molecule has 1 rings (SSSR count). The van der Waals surface area contributed by atoms with E-state index in [1.54, 1.807) is 24.3 Å². The van der Waals surface area contributed by atoms with E-state index in [1.807, 2.05) is 0 Å². The Bertz CT molecular complexity index is 328. The second-order valence-electron chi connectivity index (χ2n) is 2.91. The maximum absolute atomic E-state index is 11.3. The number of hydrogen-bond acceptors (Lipinski definition) is 4. The van der Waals surface area contributed by atoms with Crippen LogP contribution in [-0.2, 0) is 9.53 Å². The van der Waals surface area contributed by atoms with E-state index in [-0.39, 0.29) is 25.7 Å². The molecule has 4 N–H and O–H groups in total. The number of aliphatic hydroxyl groups excluding tert-OH is 1. The molecule has 1 aromatic carbocycles. The molecule has 15 heavy (non-hydrogen) atoms. The molecular formula is C10H14N2O3. The summed E-state index contributed by atoms with van der Waals surface area (Å²) in [6.45, 7) is -0.0344. The van der Waals surface area contributed by atoms with Crippen molar-refractivity contribution in [2.45, 2.75) is 0 Å². The van der Waals surface area contributed by atoms with E-state index < -0.39 is 0 Å². The fraction of sp³-hybridized carbons (Fsp3) is 0.300. The molecule has 0 saturated carbocycles. The minimum atomic E-state index is -0.290. The number of hydrogen-bond donors (Lipinski definition) is 3. The van der Waals surface area contributed by atoms with Crippen LogP contribution in [0.2, 0.25) is 0 Å². The average Bonchev–Trinajstić information content (AvgIpc) is 2.22. The number of rotatable bonds is 5. The third kappa shape index (κ3) is 3.97. The zero-order chi connectivity index (χ0) is 11.1. The third-order valence-corrected chi connectivity index (χ3v) is 1.70. The van der Waals surface area contributed by atoms with Crippen LogP contribution in [0.5, 0.6) is 0 Å². The second kappa shape index (κ2) is 6.00. The van der Waals surface area contributed by atoms with Crippen molar-refractivity contribution >= 4 is 17.3 Å². The maximum atomic E-state index is 11.3. The van der Waals surface area contributed by atoms with Crippen molar-refractivity contribution in [3.63, 3.8) is 0 Å². The zero-order valence-corrected chi connectivity index (χ0v) is 8.27. The molecule has 0 aliphatic rings. The molecule has 0 spiro atoms. The molecule has 0 heterocycles. The Kier molecular flexibility index (Phi) is 4.59. The number of para-hydroxylation sites is 2. The zero-order valence-electron chi connectivity index (χ0n) is 8.27. The molecule has 0 bridgehead atoms. The summed E-state index contributed by atoms with van der Waals surface area (Å²) in [5.41, 5.74) is 6.70. The molecule has 0 aromatic heterocycles. The Hall–Kier alpha value is -1.59. The van der Waals surface area contributed by atoms with Gasteiger partial charge in [0.05, 0.1) is 24.6 Å². The number of carbonyl (C=O) groups excluding carboxylic acids is 1. The Morgan fingerprint density at radius 3 is 2.87 bits per heavy atom. The first kappa shape index (κ1) is 11.5. The Balaban J connectivity index is 2.41. The van der Waals surface area contributed by atoms with E-state index in [0.29, 0.717) is 11.4 Å². The van der Waals surface area contributed by atoms with Gasteiger partial charge in [-0.25, -0.2) is 0 Å². The highest BCUT2D eigenvalue weighted by atomic mass is 16.5. The van der Waals surface area contributed by atoms with Crippen LogP contribution in [-0.4, -0.2) is 30.8 Å². The predicted octanol–water partition coefficient (Wildman–Crippen LogP) is 0.216. The van der Waals surface area contributed by atoms with Gasteiger partial charge in [0, 0.05) is 0 Å². The quantitative estimate of drug-likeness (QED) is 0.479. The van der Waals surface area contributed by atoms with Gasteiger partial charge in [0.15, 0.2) is 0 Å². The predicted molar refractivity (Wildman–Crippen MR) is 57.4 cm³/mol. The molecule has 5 heteroatoms. The lowest BCUT2D eigenvalue weighted by Gasteiger charge is -2.07. The topological polar surface area (TPSA) is 84.6 Å². The van der Waals surface area contributed by atoms with Crippen molar-refractivity contribution in [2.75, 3.05) is 30.9 Å². The highest BCUT2D eigenvalue weighted by molar-refractivity contribution is 5.94. The number of ether oxygens (including phenoxy) is 1. The minimum Gasteiger partial charge on any atom is -0.397 e. The van der Waals surface area contributed by atoms with Crippen LogP contribution in [0.25, 0.3) is 0 Å². The minimum absolute atomic E-state index is 0.0884. The van der Waals surface area contributed by atoms with E-state index in [0.717, 1.165) is 0 Å². The second-order valence-corrected chi connectivity index (χ2v) is 2.91. The van der Waals surface area contributed by atoms with E-state index in [1.165, 1.54) is 0 Å². The lowest BCUT2D eigenvalue weighted by molar-refractivity contribution is -0.120. The number of amides is 1. The third-order valence-electron chi connectivity index (χ3n) is 1.70. The summed E-state index contributed by atoms with van der Waals surface area (Å²) in [6.07, 6.45) is 0. The number of nitrogens with one attached hydrogen (secondary N) is 1. The summed E-state index contributed by atoms with van der Waals surface area (Å²) < 4.78 is 4.85. The molecule has 1 aromatic rings. The number of aliphatic hydroxyl groups is 1. The lowest BCUT2D eigenvalue weighted by Crippen LogP contribution is -2.19. The average molecular weight is 210 g/mol. The molecule has 1 amide bonds. The number of benzene rings is 1. The van der Waals surface area contributed by atoms with Gasteiger partial charge in [-0.1, -0.05) is 12.1 Å². The summed E-state index contributed by atoms with van der Waals surface area (Å²) in [4.78, 5) is 11.3. The van der Waals surface area contributed by atoms with Crippen LogP contribution < -0.4 is 11.1 Å². The van der Waals surface area contributed by atoms with E-state index >= 15 is 0 Å². The number of nitrogen functional groups attached to an aromatic ring is 1. The number of carbonyl (C=O) groups is 1. The van der Waals surface area contributed by atoms with Gasteiger partial charge >= 0.3 is 0 Å². The van der Waals surface area contributed by atoms with Crippen LogP contribution in [0.4, 0.5) is 11.4 Å². The summed E-state index contributed by atoms with van der Waals surface area (Å²) >= 11 is 0. The molecule has 0 radical (unpaired) electrons. The van der Waals surface area contributed by atoms with Crippen molar-refractivity contribution in [3.05, 3.63) is 24.3 Å². The molecule has 0 unspecified atom stereocenters. The number of anilines is 2. The molecule has 0 aliphatic carbocycles. The first-order valence-electron chi connectivity index (χ1n) is 4.57. The Morgan fingerprint density at radius 2 is 2.20 bits per heavy atom. The molecule has 0 fully saturated rings. The van der Waals surface area contributed by atoms with Crippen LogP contribution in [0, 0.1) is 0 Å². The van der Waals surface area contributed by atoms with Gasteiger partial charge in [0.1, 0.15) is 6.61 Å². The van der Waals surface area contributed by atoms with Crippen LogP contribution >= 0.6 is 0 Å². The normalized spacial score (nSPS) is 9.93. The molecule has 0 aliphatic heterocycles. The first-order valence-corrected chi connectivity index (χ1v) is 4.57. The highest BCUT2D eigenvalue weighted by Crippen LogP contribution is 2.16. The van der Waals surface area contributed by atoms with E-state index in [2.05, 4.69) is 5.32 Å². The van der Waals surface area contributed by atoms with Gasteiger partial charge in [-0.3, -0.25) is 4.79 Å². The van der Waals surface area contributed by atoms with Crippen LogP contribution in [0.3, 0.4) is 0 Å². The van der Waals surface area contributed by atoms with Crippen molar-refractivity contribution in [3.8, 4) is 0 Å². The largest absolute Gasteiger partial charge is 0.397 e. The van der Waals surface area contributed by atoms with Gasteiger partial charge in [0.2, 0.25) is 5.91 Å². The fourth-order valence-electron chi connectivity index (χ4n) is 1.03. The van der Waals surface area contributed by atoms with Crippen molar-refractivity contribution in [1.29, 1.82) is 0 Å². The van der Waals surface area contributed by atoms with Gasteiger partial charge in [-0.15, -0.1) is 0 Å². The highest BCUT2D eigenvalue weighted by Gasteiger charge is 2.03. The van der Waals surface area contributed by atoms with Gasteiger partial charge in [-0.2, -0.15) is 0 Å². The van der Waals surface area contributed by atoms with Gasteiger partial charge < -0.3 is 20.9 Å². The van der Waals surface area contributed by atoms with Crippen molar-refractivity contribution in [2.24, 2.45) is 0 Å². The Morgan fingerprint density at radius 1 is 1.47 bits per heavy atom. The molecule has 82 valence electrons. The first-order chi connectivity index (χ1) is 7.24. The van der Waals surface area contributed by atoms with Gasteiger partial charge in [-0.05, 0) is 12.1 Å². The molecule has 0 atom stereocenters. The van der Waals surface area contributed by atoms with E-state index in [9.17, 15) is 4.79 Å². The fourth-order valence-corrected chi connectivity index (χ4v) is 1.03. The molecule has 0 saturated heterocycles. The van der Waals surface area contributed by atoms with Gasteiger partial charge in [0.25, 0.3) is 0 Å². The SMILES string of the molecule is Nc1ccccc1NC(=O)COCCO. The maximum Gasteiger partial charge on any atom is 0.250 e. The smallest absolute Gasteiger partial charge is 0.250 e. The summed E-state index contributed by atoms with van der Waals surface area (Å²) in [5, 5.41) is 11.0. The molecule has 5 nitrogen and oxygen atoms in total. The summed E-state index contributed by atoms with van der Waals surface area (Å²) in [6, 6.07) is 6.97. The van der Waals surface area contributed by atoms with Crippen LogP contribution in [0.15, 0.2) is 24.3 Å². The monoisotopic (exact) mass is 210 g/mol. The standard InChI is InChI=1S/C10H14N2O3/c11-8-3-1-2-4-9(8)12-10(14)7-15-6-5-13/h1-4,13H,5-7,11H2,(H,12,14).